The van der Waals surface area contributed by atoms with Crippen LogP contribution in [0.1, 0.15) is 0 Å². The van der Waals surface area contributed by atoms with Crippen LogP contribution in [0.2, 0.25) is 0 Å². The second-order valence-corrected chi connectivity index (χ2v) is 0.766. The van der Waals surface area contributed by atoms with E-state index in [1.807, 2.05) is 6.07 Å². The molecule has 0 aliphatic heterocycles. The van der Waals surface area contributed by atoms with Crippen LogP contribution < -0.4 is 5.90 Å². The van der Waals surface area contributed by atoms with Crippen molar-refractivity contribution in [1.29, 1.82) is 0 Å². The van der Waals surface area contributed by atoms with Crippen LogP contribution in [0, 0.1) is 0 Å². The van der Waals surface area contributed by atoms with Crippen molar-refractivity contribution < 1.29 is 5.21 Å². The van der Waals surface area contributed by atoms with Crippen LogP contribution in [-0.2, 0) is 0 Å². The molecule has 0 radical (unpaired) electrons. The van der Waals surface area contributed by atoms with Gasteiger partial charge in [0.05, 0.1) is 0 Å². The number of aromatic amines is 1. The molecule has 4 heteroatoms. The summed E-state index contributed by atoms with van der Waals surface area (Å²) in [6, 6.07) is 1.83. The zero-order chi connectivity index (χ0) is 5.54. The van der Waals surface area contributed by atoms with Crippen LogP contribution in [0.3, 0.4) is 0 Å². The van der Waals surface area contributed by atoms with Gasteiger partial charge < -0.3 is 5.21 Å². The van der Waals surface area contributed by atoms with Crippen molar-refractivity contribution in [2.45, 2.75) is 0 Å². The molecule has 0 saturated heterocycles. The van der Waals surface area contributed by atoms with Gasteiger partial charge in [0.25, 0.3) is 0 Å². The minimum absolute atomic E-state index is 1.69. The molecule has 1 aromatic rings. The van der Waals surface area contributed by atoms with E-state index < -0.39 is 0 Å². The Bertz CT molecular complexity index is 66.7. The van der Waals surface area contributed by atoms with Gasteiger partial charge in [-0.3, -0.25) is 5.10 Å². The molecule has 0 atom stereocenters. The summed E-state index contributed by atoms with van der Waals surface area (Å²) in [5.74, 6) is 3.50. The highest BCUT2D eigenvalue weighted by Crippen LogP contribution is 1.64. The fourth-order valence-corrected chi connectivity index (χ4v) is 0.215. The fourth-order valence-electron chi connectivity index (χ4n) is 0.215. The van der Waals surface area contributed by atoms with Gasteiger partial charge in [0.15, 0.2) is 0 Å². The minimum atomic E-state index is 1.69. The topological polar surface area (TPSA) is 74.9 Å². The van der Waals surface area contributed by atoms with Crippen LogP contribution >= 0.6 is 0 Å². The molecule has 0 aromatic carbocycles. The number of H-pyrrole nitrogens is 1. The normalized spacial score (nSPS) is 6.57. The van der Waals surface area contributed by atoms with Crippen molar-refractivity contribution in [3.63, 3.8) is 0 Å². The third-order valence-corrected chi connectivity index (χ3v) is 0.406. The number of nitrogens with two attached hydrogens (primary N) is 1. The number of hydrogen-bond donors (Lipinski definition) is 3. The molecule has 4 N–H and O–H groups in total. The summed E-state index contributed by atoms with van der Waals surface area (Å²) >= 11 is 0. The molecule has 0 saturated carbocycles. The predicted octanol–water partition coefficient (Wildman–Crippen LogP) is -0.256. The SMILES string of the molecule is NO.c1cn[nH]c1. The van der Waals surface area contributed by atoms with Gasteiger partial charge in [0.2, 0.25) is 0 Å². The highest BCUT2D eigenvalue weighted by molar-refractivity contribution is 4.72. The highest BCUT2D eigenvalue weighted by atomic mass is 16.4. The van der Waals surface area contributed by atoms with Crippen molar-refractivity contribution >= 4 is 0 Å². The lowest BCUT2D eigenvalue weighted by atomic mass is 10.8. The van der Waals surface area contributed by atoms with Gasteiger partial charge in [-0.2, -0.15) is 5.10 Å². The van der Waals surface area contributed by atoms with Crippen LogP contribution in [0.15, 0.2) is 18.5 Å². The van der Waals surface area contributed by atoms with Crippen LogP contribution in [0.4, 0.5) is 0 Å². The molecule has 7 heavy (non-hydrogen) atoms. The minimum Gasteiger partial charge on any atom is -0.320 e. The first-order valence-electron chi connectivity index (χ1n) is 1.70. The van der Waals surface area contributed by atoms with E-state index in [1.165, 1.54) is 0 Å². The van der Waals surface area contributed by atoms with Gasteiger partial charge in [0.1, 0.15) is 0 Å². The van der Waals surface area contributed by atoms with Gasteiger partial charge in [0, 0.05) is 12.4 Å². The van der Waals surface area contributed by atoms with Gasteiger partial charge >= 0.3 is 0 Å². The quantitative estimate of drug-likeness (QED) is 0.394. The Morgan fingerprint density at radius 1 is 1.57 bits per heavy atom. The van der Waals surface area contributed by atoms with Gasteiger partial charge in [-0.15, -0.1) is 0 Å². The lowest BCUT2D eigenvalue weighted by Crippen LogP contribution is -1.72. The highest BCUT2D eigenvalue weighted by Gasteiger charge is 1.56. The molecule has 0 fully saturated rings. The first-order valence-corrected chi connectivity index (χ1v) is 1.70. The third kappa shape index (κ3) is 2.95. The van der Waals surface area contributed by atoms with E-state index in [0.29, 0.717) is 0 Å². The summed E-state index contributed by atoms with van der Waals surface area (Å²) in [6.45, 7) is 0. The van der Waals surface area contributed by atoms with Crippen molar-refractivity contribution in [2.24, 2.45) is 5.90 Å². The molecule has 1 heterocycles. The number of nitrogens with zero attached hydrogens (tertiary/aromatic N) is 1. The molecule has 0 bridgehead atoms. The molecule has 40 valence electrons. The summed E-state index contributed by atoms with van der Waals surface area (Å²) in [7, 11) is 0. The molecule has 0 amide bonds. The summed E-state index contributed by atoms with van der Waals surface area (Å²) in [6.07, 6.45) is 3.46. The van der Waals surface area contributed by atoms with E-state index >= 15 is 0 Å². The Morgan fingerprint density at radius 2 is 2.29 bits per heavy atom. The number of hydrogen-bond acceptors (Lipinski definition) is 3. The summed E-state index contributed by atoms with van der Waals surface area (Å²) < 4.78 is 0. The second-order valence-electron chi connectivity index (χ2n) is 0.766. The first kappa shape index (κ1) is 6.13. The Hall–Kier alpha value is -0.870. The molecule has 0 spiro atoms. The third-order valence-electron chi connectivity index (χ3n) is 0.406. The van der Waals surface area contributed by atoms with E-state index in [2.05, 4.69) is 16.1 Å². The molecule has 0 aliphatic rings. The van der Waals surface area contributed by atoms with E-state index in [1.54, 1.807) is 12.4 Å². The number of aromatic nitrogens is 2. The van der Waals surface area contributed by atoms with Crippen molar-refractivity contribution in [1.82, 2.24) is 10.2 Å². The summed E-state index contributed by atoms with van der Waals surface area (Å²) in [4.78, 5) is 0. The first-order chi connectivity index (χ1) is 3.50. The molecule has 1 rings (SSSR count). The van der Waals surface area contributed by atoms with Gasteiger partial charge in [-0.05, 0) is 6.07 Å². The Labute approximate surface area is 40.9 Å². The van der Waals surface area contributed by atoms with E-state index in [4.69, 9.17) is 5.21 Å². The average Bonchev–Trinajstić information content (AvgIpc) is 2.23. The second kappa shape index (κ2) is 5.13. The maximum Gasteiger partial charge on any atom is 0.0487 e. The molecule has 4 nitrogen and oxygen atoms in total. The lowest BCUT2D eigenvalue weighted by molar-refractivity contribution is 0.311. The standard InChI is InChI=1S/C3H4N2.H3NO/c1-2-4-5-3-1;1-2/h1-3H,(H,4,5);2H,1H2. The zero-order valence-corrected chi connectivity index (χ0v) is 3.70. The smallest absolute Gasteiger partial charge is 0.0487 e. The molecular weight excluding hydrogens is 94.1 g/mol. The monoisotopic (exact) mass is 101 g/mol. The maximum atomic E-state index is 6.50. The van der Waals surface area contributed by atoms with E-state index in [-0.39, 0.29) is 0 Å². The molecule has 0 aliphatic carbocycles. The average molecular weight is 101 g/mol. The van der Waals surface area contributed by atoms with Crippen molar-refractivity contribution in [3.05, 3.63) is 18.5 Å². The Kier molecular flexibility index (Phi) is 4.49. The maximum absolute atomic E-state index is 6.50. The molecule has 0 unspecified atom stereocenters. The van der Waals surface area contributed by atoms with Crippen molar-refractivity contribution in [2.75, 3.05) is 0 Å². The zero-order valence-electron chi connectivity index (χ0n) is 3.70. The lowest BCUT2D eigenvalue weighted by Gasteiger charge is -1.49. The van der Waals surface area contributed by atoms with Crippen molar-refractivity contribution in [3.8, 4) is 0 Å². The number of rotatable bonds is 0. The molecular formula is C3H7N3O. The van der Waals surface area contributed by atoms with E-state index in [0.717, 1.165) is 0 Å². The summed E-state index contributed by atoms with van der Waals surface area (Å²) in [5.41, 5.74) is 0. The summed E-state index contributed by atoms with van der Waals surface area (Å²) in [5, 5.41) is 12.7. The van der Waals surface area contributed by atoms with Crippen LogP contribution in [-0.4, -0.2) is 15.4 Å². The molecule has 1 aromatic heterocycles. The van der Waals surface area contributed by atoms with E-state index in [9.17, 15) is 0 Å². The van der Waals surface area contributed by atoms with Gasteiger partial charge in [-0.25, -0.2) is 5.90 Å². The Balaban J connectivity index is 0.000000162. The fraction of sp³-hybridized carbons (Fsp3) is 0. The number of nitrogens with one attached hydrogen (secondary N) is 1. The predicted molar refractivity (Wildman–Crippen MR) is 24.6 cm³/mol. The van der Waals surface area contributed by atoms with Gasteiger partial charge in [-0.1, -0.05) is 0 Å². The van der Waals surface area contributed by atoms with Crippen LogP contribution in [0.25, 0.3) is 0 Å². The largest absolute Gasteiger partial charge is 0.320 e. The van der Waals surface area contributed by atoms with Crippen LogP contribution in [0.5, 0.6) is 0 Å². The Morgan fingerprint density at radius 3 is 2.43 bits per heavy atom.